The molecule has 1 aromatic carbocycles. The number of hydrogen-bond acceptors (Lipinski definition) is 3. The highest BCUT2D eigenvalue weighted by molar-refractivity contribution is 9.10. The zero-order chi connectivity index (χ0) is 15.9. The maximum atomic E-state index is 11.9. The summed E-state index contributed by atoms with van der Waals surface area (Å²) in [6.07, 6.45) is 6.53. The molecule has 0 radical (unpaired) electrons. The van der Waals surface area contributed by atoms with Crippen LogP contribution in [0.4, 0.5) is 0 Å². The normalized spacial score (nSPS) is 16.6. The third-order valence-electron chi connectivity index (χ3n) is 3.62. The molecule has 0 spiro atoms. The number of nitrogens with one attached hydrogen (secondary N) is 1. The summed E-state index contributed by atoms with van der Waals surface area (Å²) < 4.78 is 6.06. The Labute approximate surface area is 139 Å². The van der Waals surface area contributed by atoms with Gasteiger partial charge in [0.15, 0.2) is 6.10 Å². The van der Waals surface area contributed by atoms with Crippen molar-refractivity contribution < 1.29 is 14.3 Å². The molecule has 0 saturated heterocycles. The van der Waals surface area contributed by atoms with Gasteiger partial charge in [0, 0.05) is 16.6 Å². The van der Waals surface area contributed by atoms with Gasteiger partial charge in [0.1, 0.15) is 0 Å². The lowest BCUT2D eigenvalue weighted by molar-refractivity contribution is -0.150. The lowest BCUT2D eigenvalue weighted by Gasteiger charge is -2.16. The van der Waals surface area contributed by atoms with Crippen LogP contribution in [0.2, 0.25) is 0 Å². The summed E-state index contributed by atoms with van der Waals surface area (Å²) in [6, 6.07) is 7.79. The molecule has 118 valence electrons. The first-order valence-corrected chi connectivity index (χ1v) is 8.28. The van der Waals surface area contributed by atoms with Gasteiger partial charge >= 0.3 is 5.97 Å². The molecule has 1 saturated carbocycles. The van der Waals surface area contributed by atoms with E-state index in [0.29, 0.717) is 0 Å². The Bertz CT molecular complexity index is 565. The van der Waals surface area contributed by atoms with Crippen molar-refractivity contribution in [3.05, 3.63) is 40.4 Å². The first-order valence-electron chi connectivity index (χ1n) is 7.49. The maximum absolute atomic E-state index is 11.9. The summed E-state index contributed by atoms with van der Waals surface area (Å²) in [5.74, 6) is -0.745. The smallest absolute Gasteiger partial charge is 0.331 e. The van der Waals surface area contributed by atoms with Gasteiger partial charge in [-0.3, -0.25) is 4.79 Å². The van der Waals surface area contributed by atoms with Crippen LogP contribution in [0.25, 0.3) is 6.08 Å². The molecule has 0 aromatic heterocycles. The topological polar surface area (TPSA) is 55.4 Å². The first-order chi connectivity index (χ1) is 10.5. The Hall–Kier alpha value is -1.62. The minimum Gasteiger partial charge on any atom is -0.449 e. The number of carbonyl (C=O) groups excluding carboxylic acids is 2. The van der Waals surface area contributed by atoms with Crippen LogP contribution in [0.15, 0.2) is 34.8 Å². The highest BCUT2D eigenvalue weighted by Gasteiger charge is 2.22. The van der Waals surface area contributed by atoms with E-state index >= 15 is 0 Å². The summed E-state index contributed by atoms with van der Waals surface area (Å²) in [5, 5.41) is 2.92. The Kier molecular flexibility index (Phi) is 6.19. The zero-order valence-electron chi connectivity index (χ0n) is 12.5. The van der Waals surface area contributed by atoms with Crippen LogP contribution in [-0.2, 0) is 14.3 Å². The standard InChI is InChI=1S/C17H20BrNO3/c1-12(17(21)19-15-7-2-3-8-15)22-16(20)10-9-13-5-4-6-14(18)11-13/h4-6,9-12,15H,2-3,7-8H2,1H3,(H,19,21)/b10-9+/t12-/m1/s1. The number of halogens is 1. The van der Waals surface area contributed by atoms with Crippen molar-refractivity contribution in [3.63, 3.8) is 0 Å². The van der Waals surface area contributed by atoms with E-state index in [1.807, 2.05) is 24.3 Å². The maximum Gasteiger partial charge on any atom is 0.331 e. The van der Waals surface area contributed by atoms with Gasteiger partial charge < -0.3 is 10.1 Å². The summed E-state index contributed by atoms with van der Waals surface area (Å²) in [4.78, 5) is 23.7. The second-order valence-electron chi connectivity index (χ2n) is 5.46. The second kappa shape index (κ2) is 8.13. The summed E-state index contributed by atoms with van der Waals surface area (Å²) in [5.41, 5.74) is 0.884. The fourth-order valence-corrected chi connectivity index (χ4v) is 2.85. The molecule has 0 bridgehead atoms. The highest BCUT2D eigenvalue weighted by atomic mass is 79.9. The molecule has 2 rings (SSSR count). The van der Waals surface area contributed by atoms with Gasteiger partial charge in [-0.2, -0.15) is 0 Å². The van der Waals surface area contributed by atoms with Gasteiger partial charge in [0.25, 0.3) is 5.91 Å². The third-order valence-corrected chi connectivity index (χ3v) is 4.12. The van der Waals surface area contributed by atoms with Crippen LogP contribution < -0.4 is 5.32 Å². The quantitative estimate of drug-likeness (QED) is 0.642. The van der Waals surface area contributed by atoms with Gasteiger partial charge in [0.05, 0.1) is 0 Å². The number of ether oxygens (including phenoxy) is 1. The zero-order valence-corrected chi connectivity index (χ0v) is 14.1. The molecule has 1 amide bonds. The molecule has 22 heavy (non-hydrogen) atoms. The Balaban J connectivity index is 1.81. The van der Waals surface area contributed by atoms with E-state index < -0.39 is 12.1 Å². The number of amides is 1. The van der Waals surface area contributed by atoms with Crippen molar-refractivity contribution in [1.82, 2.24) is 5.32 Å². The molecular formula is C17H20BrNO3. The highest BCUT2D eigenvalue weighted by Crippen LogP contribution is 2.17. The van der Waals surface area contributed by atoms with Crippen molar-refractivity contribution in [2.75, 3.05) is 0 Å². The SMILES string of the molecule is C[C@@H](OC(=O)/C=C/c1cccc(Br)c1)C(=O)NC1CCCC1. The minimum absolute atomic E-state index is 0.226. The van der Waals surface area contributed by atoms with E-state index in [2.05, 4.69) is 21.2 Å². The van der Waals surface area contributed by atoms with Crippen molar-refractivity contribution in [2.45, 2.75) is 44.8 Å². The fourth-order valence-electron chi connectivity index (χ4n) is 2.43. The van der Waals surface area contributed by atoms with E-state index in [-0.39, 0.29) is 11.9 Å². The second-order valence-corrected chi connectivity index (χ2v) is 6.37. The Morgan fingerprint density at radius 2 is 2.09 bits per heavy atom. The fraction of sp³-hybridized carbons (Fsp3) is 0.412. The van der Waals surface area contributed by atoms with E-state index in [4.69, 9.17) is 4.74 Å². The molecule has 1 fully saturated rings. The lowest BCUT2D eigenvalue weighted by atomic mass is 10.2. The van der Waals surface area contributed by atoms with Crippen LogP contribution in [0.5, 0.6) is 0 Å². The largest absolute Gasteiger partial charge is 0.449 e. The van der Waals surface area contributed by atoms with Crippen LogP contribution in [-0.4, -0.2) is 24.0 Å². The molecule has 1 atom stereocenters. The van der Waals surface area contributed by atoms with Crippen molar-refractivity contribution in [1.29, 1.82) is 0 Å². The van der Waals surface area contributed by atoms with E-state index in [1.54, 1.807) is 13.0 Å². The number of esters is 1. The average molecular weight is 366 g/mol. The number of benzene rings is 1. The molecule has 1 aliphatic carbocycles. The lowest BCUT2D eigenvalue weighted by Crippen LogP contribution is -2.40. The molecular weight excluding hydrogens is 346 g/mol. The van der Waals surface area contributed by atoms with Crippen LogP contribution in [0.3, 0.4) is 0 Å². The number of carbonyl (C=O) groups is 2. The van der Waals surface area contributed by atoms with E-state index in [1.165, 1.54) is 6.08 Å². The molecule has 4 nitrogen and oxygen atoms in total. The third kappa shape index (κ3) is 5.30. The van der Waals surface area contributed by atoms with E-state index in [0.717, 1.165) is 35.7 Å². The Morgan fingerprint density at radius 1 is 1.36 bits per heavy atom. The summed E-state index contributed by atoms with van der Waals surface area (Å²) in [7, 11) is 0. The predicted molar refractivity (Wildman–Crippen MR) is 89.1 cm³/mol. The first kappa shape index (κ1) is 16.7. The van der Waals surface area contributed by atoms with Crippen LogP contribution in [0.1, 0.15) is 38.2 Å². The molecule has 0 heterocycles. The van der Waals surface area contributed by atoms with Gasteiger partial charge in [0.2, 0.25) is 0 Å². The molecule has 0 aliphatic heterocycles. The van der Waals surface area contributed by atoms with Crippen molar-refractivity contribution in [2.24, 2.45) is 0 Å². The van der Waals surface area contributed by atoms with Crippen molar-refractivity contribution >= 4 is 33.9 Å². The number of rotatable bonds is 5. The van der Waals surface area contributed by atoms with Crippen molar-refractivity contribution in [3.8, 4) is 0 Å². The van der Waals surface area contributed by atoms with Crippen LogP contribution >= 0.6 is 15.9 Å². The average Bonchev–Trinajstić information content (AvgIpc) is 2.98. The summed E-state index contributed by atoms with van der Waals surface area (Å²) >= 11 is 3.37. The molecule has 0 unspecified atom stereocenters. The number of hydrogen-bond donors (Lipinski definition) is 1. The Morgan fingerprint density at radius 3 is 2.77 bits per heavy atom. The molecule has 1 aliphatic rings. The molecule has 1 aromatic rings. The summed E-state index contributed by atoms with van der Waals surface area (Å²) in [6.45, 7) is 1.59. The van der Waals surface area contributed by atoms with Gasteiger partial charge in [-0.05, 0) is 43.5 Å². The molecule has 1 N–H and O–H groups in total. The monoisotopic (exact) mass is 365 g/mol. The minimum atomic E-state index is -0.778. The van der Waals surface area contributed by atoms with Crippen LogP contribution in [0, 0.1) is 0 Å². The van der Waals surface area contributed by atoms with Gasteiger partial charge in [-0.15, -0.1) is 0 Å². The van der Waals surface area contributed by atoms with Gasteiger partial charge in [-0.1, -0.05) is 40.9 Å². The van der Waals surface area contributed by atoms with Gasteiger partial charge in [-0.25, -0.2) is 4.79 Å². The van der Waals surface area contributed by atoms with E-state index in [9.17, 15) is 9.59 Å². The predicted octanol–water partition coefficient (Wildman–Crippen LogP) is 3.45. The molecule has 5 heteroatoms.